The maximum atomic E-state index is 10.5. The molecule has 0 saturated carbocycles. The molecule has 0 aliphatic heterocycles. The van der Waals surface area contributed by atoms with Crippen molar-refractivity contribution in [3.63, 3.8) is 0 Å². The second kappa shape index (κ2) is 6.23. The summed E-state index contributed by atoms with van der Waals surface area (Å²) in [6, 6.07) is 7.32. The van der Waals surface area contributed by atoms with Gasteiger partial charge < -0.3 is 5.32 Å². The van der Waals surface area contributed by atoms with Crippen molar-refractivity contribution in [1.82, 2.24) is 5.32 Å². The van der Waals surface area contributed by atoms with Crippen LogP contribution in [0.1, 0.15) is 25.3 Å². The van der Waals surface area contributed by atoms with Crippen LogP contribution in [0.4, 0.5) is 5.69 Å². The van der Waals surface area contributed by atoms with Gasteiger partial charge in [0.15, 0.2) is 0 Å². The molecule has 1 N–H and O–H groups in total. The van der Waals surface area contributed by atoms with Crippen molar-refractivity contribution in [1.29, 1.82) is 0 Å². The van der Waals surface area contributed by atoms with Gasteiger partial charge in [-0.2, -0.15) is 0 Å². The number of nitro groups is 1. The summed E-state index contributed by atoms with van der Waals surface area (Å²) in [5.74, 6) is 0. The van der Waals surface area contributed by atoms with Gasteiger partial charge in [0.05, 0.1) is 4.92 Å². The average Bonchev–Trinajstić information content (AvgIpc) is 2.31. The lowest BCUT2D eigenvalue weighted by molar-refractivity contribution is -0.384. The van der Waals surface area contributed by atoms with Gasteiger partial charge in [0.2, 0.25) is 0 Å². The van der Waals surface area contributed by atoms with Crippen LogP contribution in [0.2, 0.25) is 0 Å². The van der Waals surface area contributed by atoms with Gasteiger partial charge in [0.1, 0.15) is 0 Å². The molecule has 0 heterocycles. The van der Waals surface area contributed by atoms with Gasteiger partial charge in [-0.1, -0.05) is 19.1 Å². The minimum absolute atomic E-state index is 0.157. The van der Waals surface area contributed by atoms with Gasteiger partial charge in [-0.25, -0.2) is 0 Å². The van der Waals surface area contributed by atoms with E-state index in [1.807, 2.05) is 19.2 Å². The minimum atomic E-state index is -0.369. The van der Waals surface area contributed by atoms with Gasteiger partial charge >= 0.3 is 0 Å². The highest BCUT2D eigenvalue weighted by Crippen LogP contribution is 2.14. The number of non-ortho nitro benzene ring substituents is 1. The molecule has 0 spiro atoms. The second-order valence-electron chi connectivity index (χ2n) is 3.86. The second-order valence-corrected chi connectivity index (χ2v) is 3.86. The van der Waals surface area contributed by atoms with Crippen molar-refractivity contribution in [3.8, 4) is 0 Å². The number of nitrogens with one attached hydrogen (secondary N) is 1. The molecular formula is C12H18N2O2. The molecular weight excluding hydrogens is 204 g/mol. The number of benzene rings is 1. The van der Waals surface area contributed by atoms with E-state index in [2.05, 4.69) is 12.2 Å². The molecule has 0 amide bonds. The van der Waals surface area contributed by atoms with E-state index in [0.29, 0.717) is 6.04 Å². The third-order valence-corrected chi connectivity index (χ3v) is 2.83. The topological polar surface area (TPSA) is 55.2 Å². The first-order valence-corrected chi connectivity index (χ1v) is 5.58. The number of aryl methyl sites for hydroxylation is 1. The maximum Gasteiger partial charge on any atom is 0.269 e. The SMILES string of the molecule is CCC(CCc1ccc([N+](=O)[O-])cc1)NC. The Morgan fingerprint density at radius 3 is 2.44 bits per heavy atom. The minimum Gasteiger partial charge on any atom is -0.317 e. The van der Waals surface area contributed by atoms with Crippen molar-refractivity contribution in [3.05, 3.63) is 39.9 Å². The fourth-order valence-corrected chi connectivity index (χ4v) is 1.68. The smallest absolute Gasteiger partial charge is 0.269 e. The van der Waals surface area contributed by atoms with Crippen LogP contribution in [-0.4, -0.2) is 18.0 Å². The molecule has 0 bridgehead atoms. The summed E-state index contributed by atoms with van der Waals surface area (Å²) in [4.78, 5) is 10.1. The first kappa shape index (κ1) is 12.6. The summed E-state index contributed by atoms with van der Waals surface area (Å²) in [7, 11) is 1.96. The van der Waals surface area contributed by atoms with Crippen LogP contribution in [0.25, 0.3) is 0 Å². The number of hydrogen-bond acceptors (Lipinski definition) is 3. The number of nitrogens with zero attached hydrogens (tertiary/aromatic N) is 1. The molecule has 16 heavy (non-hydrogen) atoms. The quantitative estimate of drug-likeness (QED) is 0.594. The molecule has 0 aliphatic rings. The largest absolute Gasteiger partial charge is 0.317 e. The van der Waals surface area contributed by atoms with E-state index in [-0.39, 0.29) is 10.6 Å². The summed E-state index contributed by atoms with van der Waals surface area (Å²) < 4.78 is 0. The standard InChI is InChI=1S/C12H18N2O2/c1-3-11(13-2)7-4-10-5-8-12(9-6-10)14(15)16/h5-6,8-9,11,13H,3-4,7H2,1-2H3. The van der Waals surface area contributed by atoms with Crippen LogP contribution in [0, 0.1) is 10.1 Å². The third kappa shape index (κ3) is 3.62. The summed E-state index contributed by atoms with van der Waals surface area (Å²) in [5, 5.41) is 13.7. The Morgan fingerprint density at radius 2 is 2.00 bits per heavy atom. The van der Waals surface area contributed by atoms with E-state index in [0.717, 1.165) is 24.8 Å². The van der Waals surface area contributed by atoms with Crippen molar-refractivity contribution in [2.45, 2.75) is 32.2 Å². The zero-order valence-corrected chi connectivity index (χ0v) is 9.77. The van der Waals surface area contributed by atoms with Gasteiger partial charge in [0, 0.05) is 18.2 Å². The molecule has 4 nitrogen and oxygen atoms in total. The van der Waals surface area contributed by atoms with Crippen LogP contribution in [-0.2, 0) is 6.42 Å². The molecule has 4 heteroatoms. The fourth-order valence-electron chi connectivity index (χ4n) is 1.68. The first-order valence-electron chi connectivity index (χ1n) is 5.58. The Hall–Kier alpha value is -1.42. The van der Waals surface area contributed by atoms with Crippen LogP contribution in [0.15, 0.2) is 24.3 Å². The first-order chi connectivity index (χ1) is 7.67. The molecule has 1 aromatic rings. The Labute approximate surface area is 95.8 Å². The molecule has 0 aliphatic carbocycles. The van der Waals surface area contributed by atoms with Gasteiger partial charge in [-0.3, -0.25) is 10.1 Å². The van der Waals surface area contributed by atoms with Crippen LogP contribution < -0.4 is 5.32 Å². The molecule has 0 radical (unpaired) electrons. The zero-order valence-electron chi connectivity index (χ0n) is 9.77. The summed E-state index contributed by atoms with van der Waals surface area (Å²) >= 11 is 0. The Bertz CT molecular complexity index is 331. The predicted molar refractivity (Wildman–Crippen MR) is 64.6 cm³/mol. The molecule has 0 aromatic heterocycles. The van der Waals surface area contributed by atoms with Crippen molar-refractivity contribution >= 4 is 5.69 Å². The van der Waals surface area contributed by atoms with Gasteiger partial charge in [-0.15, -0.1) is 0 Å². The average molecular weight is 222 g/mol. The summed E-state index contributed by atoms with van der Waals surface area (Å²) in [6.07, 6.45) is 3.12. The van der Waals surface area contributed by atoms with Crippen molar-refractivity contribution in [2.75, 3.05) is 7.05 Å². The van der Waals surface area contributed by atoms with Crippen LogP contribution in [0.3, 0.4) is 0 Å². The van der Waals surface area contributed by atoms with E-state index >= 15 is 0 Å². The van der Waals surface area contributed by atoms with Crippen LogP contribution in [0.5, 0.6) is 0 Å². The predicted octanol–water partition coefficient (Wildman–Crippen LogP) is 2.53. The van der Waals surface area contributed by atoms with E-state index in [9.17, 15) is 10.1 Å². The number of rotatable bonds is 6. The molecule has 1 aromatic carbocycles. The van der Waals surface area contributed by atoms with Crippen molar-refractivity contribution < 1.29 is 4.92 Å². The molecule has 0 fully saturated rings. The van der Waals surface area contributed by atoms with E-state index in [1.165, 1.54) is 0 Å². The van der Waals surface area contributed by atoms with Crippen molar-refractivity contribution in [2.24, 2.45) is 0 Å². The number of nitro benzene ring substituents is 1. The Balaban J connectivity index is 2.52. The Kier molecular flexibility index (Phi) is 4.92. The highest BCUT2D eigenvalue weighted by molar-refractivity contribution is 5.32. The third-order valence-electron chi connectivity index (χ3n) is 2.83. The normalized spacial score (nSPS) is 12.4. The van der Waals surface area contributed by atoms with Crippen LogP contribution >= 0.6 is 0 Å². The van der Waals surface area contributed by atoms with Gasteiger partial charge in [0.25, 0.3) is 5.69 Å². The van der Waals surface area contributed by atoms with E-state index in [4.69, 9.17) is 0 Å². The van der Waals surface area contributed by atoms with E-state index < -0.39 is 0 Å². The molecule has 1 atom stereocenters. The zero-order chi connectivity index (χ0) is 12.0. The Morgan fingerprint density at radius 1 is 1.38 bits per heavy atom. The monoisotopic (exact) mass is 222 g/mol. The lowest BCUT2D eigenvalue weighted by Gasteiger charge is -2.13. The molecule has 88 valence electrons. The molecule has 1 unspecified atom stereocenters. The number of hydrogen-bond donors (Lipinski definition) is 1. The molecule has 1 rings (SSSR count). The summed E-state index contributed by atoms with van der Waals surface area (Å²) in [6.45, 7) is 2.15. The van der Waals surface area contributed by atoms with E-state index in [1.54, 1.807) is 12.1 Å². The maximum absolute atomic E-state index is 10.5. The lowest BCUT2D eigenvalue weighted by atomic mass is 10.0. The fraction of sp³-hybridized carbons (Fsp3) is 0.500. The van der Waals surface area contributed by atoms with Gasteiger partial charge in [-0.05, 0) is 31.9 Å². The highest BCUT2D eigenvalue weighted by Gasteiger charge is 2.06. The summed E-state index contributed by atoms with van der Waals surface area (Å²) in [5.41, 5.74) is 1.31. The highest BCUT2D eigenvalue weighted by atomic mass is 16.6. The lowest BCUT2D eigenvalue weighted by Crippen LogP contribution is -2.24. The molecule has 0 saturated heterocycles.